The number of aliphatic hydroxyl groups excluding tert-OH is 1. The normalized spacial score (nSPS) is 14.2. The smallest absolute Gasteiger partial charge is 0.408 e. The highest BCUT2D eigenvalue weighted by atomic mass is 16.6. The van der Waals surface area contributed by atoms with Gasteiger partial charge in [0.05, 0.1) is 6.61 Å². The lowest BCUT2D eigenvalue weighted by molar-refractivity contribution is -0.144. The van der Waals surface area contributed by atoms with Crippen molar-refractivity contribution in [2.45, 2.75) is 85.5 Å². The molecule has 0 saturated carbocycles. The summed E-state index contributed by atoms with van der Waals surface area (Å²) in [4.78, 5) is 40.8. The molecule has 0 aliphatic rings. The minimum atomic E-state index is -0.959. The van der Waals surface area contributed by atoms with Crippen LogP contribution in [0.25, 0.3) is 0 Å². The molecule has 0 aromatic heterocycles. The van der Waals surface area contributed by atoms with E-state index in [-0.39, 0.29) is 31.0 Å². The lowest BCUT2D eigenvalue weighted by Gasteiger charge is -2.36. The number of benzene rings is 1. The fourth-order valence-corrected chi connectivity index (χ4v) is 3.36. The first-order valence-electron chi connectivity index (χ1n) is 11.6. The molecule has 0 radical (unpaired) electrons. The molecule has 3 atom stereocenters. The maximum absolute atomic E-state index is 13.8. The van der Waals surface area contributed by atoms with Gasteiger partial charge in [0.15, 0.2) is 0 Å². The van der Waals surface area contributed by atoms with E-state index in [2.05, 4.69) is 10.6 Å². The van der Waals surface area contributed by atoms with Gasteiger partial charge in [-0.2, -0.15) is 0 Å². The van der Waals surface area contributed by atoms with Crippen molar-refractivity contribution >= 4 is 17.9 Å². The van der Waals surface area contributed by atoms with Crippen LogP contribution in [0.5, 0.6) is 0 Å². The topological polar surface area (TPSA) is 108 Å². The molecule has 0 spiro atoms. The summed E-state index contributed by atoms with van der Waals surface area (Å²) >= 11 is 0. The summed E-state index contributed by atoms with van der Waals surface area (Å²) in [6.07, 6.45) is -0.0874. The molecule has 0 bridgehead atoms. The SMILES string of the molecule is CCC(C)C(NC(=O)OC(C)(C)C)C(=O)N(CCO)C(C(=O)NC(C)C)c1ccc(C)cc1. The molecule has 33 heavy (non-hydrogen) atoms. The Hall–Kier alpha value is -2.61. The Morgan fingerprint density at radius 1 is 1.06 bits per heavy atom. The van der Waals surface area contributed by atoms with Gasteiger partial charge in [-0.15, -0.1) is 0 Å². The fraction of sp³-hybridized carbons (Fsp3) is 0.640. The van der Waals surface area contributed by atoms with Crippen molar-refractivity contribution in [3.8, 4) is 0 Å². The van der Waals surface area contributed by atoms with Gasteiger partial charge in [-0.05, 0) is 53.0 Å². The Balaban J connectivity index is 3.41. The third-order valence-electron chi connectivity index (χ3n) is 5.16. The second-order valence-corrected chi connectivity index (χ2v) is 9.74. The predicted octanol–water partition coefficient (Wildman–Crippen LogP) is 3.32. The van der Waals surface area contributed by atoms with Crippen LogP contribution in [0.15, 0.2) is 24.3 Å². The number of nitrogens with zero attached hydrogens (tertiary/aromatic N) is 1. The number of hydrogen-bond donors (Lipinski definition) is 3. The van der Waals surface area contributed by atoms with Crippen molar-refractivity contribution in [2.75, 3.05) is 13.2 Å². The van der Waals surface area contributed by atoms with Crippen LogP contribution in [0.2, 0.25) is 0 Å². The van der Waals surface area contributed by atoms with Crippen molar-refractivity contribution < 1.29 is 24.2 Å². The molecule has 0 saturated heterocycles. The number of aliphatic hydroxyl groups is 1. The van der Waals surface area contributed by atoms with Gasteiger partial charge in [-0.3, -0.25) is 9.59 Å². The Bertz CT molecular complexity index is 786. The van der Waals surface area contributed by atoms with Crippen LogP contribution < -0.4 is 10.6 Å². The molecule has 8 heteroatoms. The summed E-state index contributed by atoms with van der Waals surface area (Å²) in [5.41, 5.74) is 0.922. The Morgan fingerprint density at radius 3 is 2.09 bits per heavy atom. The van der Waals surface area contributed by atoms with Crippen LogP contribution in [0, 0.1) is 12.8 Å². The van der Waals surface area contributed by atoms with Gasteiger partial charge in [-0.25, -0.2) is 4.79 Å². The van der Waals surface area contributed by atoms with Crippen LogP contribution in [-0.2, 0) is 14.3 Å². The van der Waals surface area contributed by atoms with Crippen LogP contribution in [-0.4, -0.2) is 58.8 Å². The zero-order valence-electron chi connectivity index (χ0n) is 21.3. The maximum atomic E-state index is 13.8. The van der Waals surface area contributed by atoms with Crippen LogP contribution in [0.4, 0.5) is 4.79 Å². The highest BCUT2D eigenvalue weighted by molar-refractivity contribution is 5.92. The molecule has 0 fully saturated rings. The van der Waals surface area contributed by atoms with Crippen LogP contribution in [0.3, 0.4) is 0 Å². The maximum Gasteiger partial charge on any atom is 0.408 e. The number of alkyl carbamates (subject to hydrolysis) is 1. The summed E-state index contributed by atoms with van der Waals surface area (Å²) < 4.78 is 5.36. The third-order valence-corrected chi connectivity index (χ3v) is 5.16. The largest absolute Gasteiger partial charge is 0.444 e. The zero-order valence-corrected chi connectivity index (χ0v) is 21.3. The average molecular weight is 464 g/mol. The summed E-state index contributed by atoms with van der Waals surface area (Å²) in [5.74, 6) is -1.03. The molecule has 1 rings (SSSR count). The average Bonchev–Trinajstić information content (AvgIpc) is 2.70. The molecule has 0 aliphatic heterocycles. The van der Waals surface area contributed by atoms with Gasteiger partial charge in [0.1, 0.15) is 17.7 Å². The minimum absolute atomic E-state index is 0.0637. The lowest BCUT2D eigenvalue weighted by atomic mass is 9.95. The van der Waals surface area contributed by atoms with Gasteiger partial charge in [0.25, 0.3) is 0 Å². The van der Waals surface area contributed by atoms with E-state index in [1.807, 2.05) is 46.8 Å². The first-order valence-corrected chi connectivity index (χ1v) is 11.6. The van der Waals surface area contributed by atoms with E-state index in [1.165, 1.54) is 4.90 Å². The van der Waals surface area contributed by atoms with Gasteiger partial charge < -0.3 is 25.4 Å². The van der Waals surface area contributed by atoms with E-state index >= 15 is 0 Å². The summed E-state index contributed by atoms with van der Waals surface area (Å²) in [6, 6.07) is 5.33. The second-order valence-electron chi connectivity index (χ2n) is 9.74. The minimum Gasteiger partial charge on any atom is -0.444 e. The number of hydrogen-bond acceptors (Lipinski definition) is 5. The summed E-state index contributed by atoms with van der Waals surface area (Å²) in [5, 5.41) is 15.3. The quantitative estimate of drug-likeness (QED) is 0.493. The van der Waals surface area contributed by atoms with Crippen LogP contribution in [0.1, 0.15) is 72.1 Å². The van der Waals surface area contributed by atoms with Crippen molar-refractivity contribution in [1.29, 1.82) is 0 Å². The van der Waals surface area contributed by atoms with E-state index in [1.54, 1.807) is 32.9 Å². The third kappa shape index (κ3) is 9.04. The Kier molecular flexibility index (Phi) is 10.8. The number of nitrogens with one attached hydrogen (secondary N) is 2. The van der Waals surface area contributed by atoms with E-state index < -0.39 is 29.7 Å². The standard InChI is InChI=1S/C25H41N3O5/c1-9-18(5)20(27-24(32)33-25(6,7)8)23(31)28(14-15-29)21(22(30)26-16(2)3)19-12-10-17(4)11-13-19/h10-13,16,18,20-21,29H,9,14-15H2,1-8H3,(H,26,30)(H,27,32). The van der Waals surface area contributed by atoms with Gasteiger partial charge >= 0.3 is 6.09 Å². The number of aryl methyl sites for hydroxylation is 1. The monoisotopic (exact) mass is 463 g/mol. The number of carbonyl (C=O) groups is 3. The Labute approximate surface area is 198 Å². The predicted molar refractivity (Wildman–Crippen MR) is 129 cm³/mol. The van der Waals surface area contributed by atoms with Crippen LogP contribution >= 0.6 is 0 Å². The number of rotatable bonds is 10. The molecular weight excluding hydrogens is 422 g/mol. The molecule has 8 nitrogen and oxygen atoms in total. The highest BCUT2D eigenvalue weighted by Gasteiger charge is 2.38. The van der Waals surface area contributed by atoms with Crippen molar-refractivity contribution in [1.82, 2.24) is 15.5 Å². The molecule has 0 aliphatic carbocycles. The fourth-order valence-electron chi connectivity index (χ4n) is 3.36. The highest BCUT2D eigenvalue weighted by Crippen LogP contribution is 2.25. The molecule has 186 valence electrons. The summed E-state index contributed by atoms with van der Waals surface area (Å²) in [7, 11) is 0. The van der Waals surface area contributed by atoms with Crippen molar-refractivity contribution in [2.24, 2.45) is 5.92 Å². The second kappa shape index (κ2) is 12.6. The van der Waals surface area contributed by atoms with Gasteiger partial charge in [-0.1, -0.05) is 50.1 Å². The first-order chi connectivity index (χ1) is 15.3. The summed E-state index contributed by atoms with van der Waals surface area (Å²) in [6.45, 7) is 14.2. The lowest BCUT2D eigenvalue weighted by Crippen LogP contribution is -2.56. The van der Waals surface area contributed by atoms with Crippen molar-refractivity contribution in [3.63, 3.8) is 0 Å². The van der Waals surface area contributed by atoms with Gasteiger partial charge in [0, 0.05) is 12.6 Å². The van der Waals surface area contributed by atoms with E-state index in [9.17, 15) is 19.5 Å². The first kappa shape index (κ1) is 28.4. The molecule has 1 aromatic carbocycles. The molecular formula is C25H41N3O5. The molecule has 3 N–H and O–H groups in total. The molecule has 0 heterocycles. The number of ether oxygens (including phenoxy) is 1. The molecule has 3 unspecified atom stereocenters. The number of carbonyl (C=O) groups excluding carboxylic acids is 3. The van der Waals surface area contributed by atoms with Gasteiger partial charge in [0.2, 0.25) is 11.8 Å². The number of amides is 3. The van der Waals surface area contributed by atoms with E-state index in [0.717, 1.165) is 5.56 Å². The molecule has 3 amide bonds. The van der Waals surface area contributed by atoms with E-state index in [0.29, 0.717) is 12.0 Å². The zero-order chi connectivity index (χ0) is 25.3. The Morgan fingerprint density at radius 2 is 1.64 bits per heavy atom. The van der Waals surface area contributed by atoms with E-state index in [4.69, 9.17) is 4.74 Å². The molecule has 1 aromatic rings. The van der Waals surface area contributed by atoms with Crippen molar-refractivity contribution in [3.05, 3.63) is 35.4 Å².